The molecule has 3 rings (SSSR count). The Bertz CT molecular complexity index is 963. The van der Waals surface area contributed by atoms with Crippen LogP contribution in [0, 0.1) is 6.92 Å². The molecule has 7 nitrogen and oxygen atoms in total. The number of rotatable bonds is 4. The summed E-state index contributed by atoms with van der Waals surface area (Å²) in [5.74, 6) is 1.64. The van der Waals surface area contributed by atoms with Gasteiger partial charge in [-0.3, -0.25) is 0 Å². The highest BCUT2D eigenvalue weighted by Gasteiger charge is 2.15. The fourth-order valence-electron chi connectivity index (χ4n) is 3.04. The van der Waals surface area contributed by atoms with E-state index in [0.29, 0.717) is 17.5 Å². The van der Waals surface area contributed by atoms with Crippen LogP contribution in [0.15, 0.2) is 51.7 Å². The summed E-state index contributed by atoms with van der Waals surface area (Å²) >= 11 is 0. The summed E-state index contributed by atoms with van der Waals surface area (Å²) in [4.78, 5) is 12.5. The van der Waals surface area contributed by atoms with E-state index in [-0.39, 0.29) is 6.04 Å². The number of aromatic amines is 1. The van der Waals surface area contributed by atoms with Gasteiger partial charge >= 0.3 is 0 Å². The Balaban J connectivity index is 1.99. The molecule has 28 heavy (non-hydrogen) atoms. The molecule has 6 N–H and O–H groups in total. The molecule has 2 heterocycles. The van der Waals surface area contributed by atoms with Crippen molar-refractivity contribution in [1.29, 1.82) is 0 Å². The van der Waals surface area contributed by atoms with E-state index in [0.717, 1.165) is 40.8 Å². The van der Waals surface area contributed by atoms with Gasteiger partial charge in [0.15, 0.2) is 11.7 Å². The minimum Gasteiger partial charge on any atom is -0.405 e. The van der Waals surface area contributed by atoms with Crippen LogP contribution >= 0.6 is 0 Å². The van der Waals surface area contributed by atoms with Gasteiger partial charge in [0, 0.05) is 24.2 Å². The average molecular weight is 377 g/mol. The molecule has 0 saturated heterocycles. The minimum absolute atomic E-state index is 0.266. The lowest BCUT2D eigenvalue weighted by Gasteiger charge is -2.08. The van der Waals surface area contributed by atoms with Gasteiger partial charge in [0.1, 0.15) is 5.84 Å². The number of hydrogen-bond acceptors (Lipinski definition) is 4. The lowest BCUT2D eigenvalue weighted by Crippen LogP contribution is -2.18. The molecule has 146 valence electrons. The lowest BCUT2D eigenvalue weighted by molar-refractivity contribution is 0.636. The zero-order chi connectivity index (χ0) is 20.1. The van der Waals surface area contributed by atoms with Crippen LogP contribution in [0.4, 0.5) is 0 Å². The van der Waals surface area contributed by atoms with Crippen molar-refractivity contribution in [2.45, 2.75) is 39.7 Å². The highest BCUT2D eigenvalue weighted by Crippen LogP contribution is 2.15. The number of benzene rings is 1. The SMILES string of the molecule is CCc1cc(C(N)=NC(=NC2=NNC(C)C2)c2cc(C)c[nH]2)ccc1/C=C\N. The molecule has 0 fully saturated rings. The first-order valence-electron chi connectivity index (χ1n) is 9.42. The minimum atomic E-state index is 0.266. The van der Waals surface area contributed by atoms with Gasteiger partial charge in [-0.05, 0) is 61.4 Å². The van der Waals surface area contributed by atoms with Crippen molar-refractivity contribution in [3.8, 4) is 0 Å². The monoisotopic (exact) mass is 377 g/mol. The molecule has 0 spiro atoms. The zero-order valence-electron chi connectivity index (χ0n) is 16.5. The molecule has 0 bridgehead atoms. The van der Waals surface area contributed by atoms with E-state index in [4.69, 9.17) is 11.5 Å². The maximum Gasteiger partial charge on any atom is 0.179 e. The van der Waals surface area contributed by atoms with Crippen LogP contribution in [0.25, 0.3) is 6.08 Å². The Morgan fingerprint density at radius 3 is 2.79 bits per heavy atom. The Morgan fingerprint density at radius 2 is 2.18 bits per heavy atom. The fraction of sp³-hybridized carbons (Fsp3) is 0.286. The summed E-state index contributed by atoms with van der Waals surface area (Å²) in [6.45, 7) is 6.17. The van der Waals surface area contributed by atoms with Crippen LogP contribution in [0.3, 0.4) is 0 Å². The Hall–Kier alpha value is -3.35. The van der Waals surface area contributed by atoms with E-state index >= 15 is 0 Å². The smallest absolute Gasteiger partial charge is 0.179 e. The van der Waals surface area contributed by atoms with Crippen molar-refractivity contribution in [2.75, 3.05) is 0 Å². The lowest BCUT2D eigenvalue weighted by atomic mass is 10.0. The molecule has 0 radical (unpaired) electrons. The molecule has 1 aliphatic rings. The molecule has 0 aliphatic carbocycles. The van der Waals surface area contributed by atoms with E-state index in [1.165, 1.54) is 0 Å². The summed E-state index contributed by atoms with van der Waals surface area (Å²) in [7, 11) is 0. The van der Waals surface area contributed by atoms with Crippen LogP contribution in [0.1, 0.15) is 48.2 Å². The first kappa shape index (κ1) is 19.4. The van der Waals surface area contributed by atoms with Crippen molar-refractivity contribution >= 4 is 23.6 Å². The standard InChI is InChI=1S/C21H27N7/c1-4-15-11-17(6-5-16(15)7-8-22)20(23)26-21(18-9-13(2)12-24-18)25-19-10-14(3)27-28-19/h5-9,11-12,14,24,27H,4,10,22H2,1-3H3,(H2,23,25,26,28)/b8-7-. The number of H-pyrrole nitrogens is 1. The van der Waals surface area contributed by atoms with Crippen molar-refractivity contribution in [3.63, 3.8) is 0 Å². The van der Waals surface area contributed by atoms with Gasteiger partial charge in [-0.25, -0.2) is 9.98 Å². The van der Waals surface area contributed by atoms with Crippen molar-refractivity contribution < 1.29 is 0 Å². The van der Waals surface area contributed by atoms with Crippen LogP contribution in [0.5, 0.6) is 0 Å². The molecule has 1 aromatic heterocycles. The number of nitrogens with zero attached hydrogens (tertiary/aromatic N) is 3. The van der Waals surface area contributed by atoms with E-state index in [2.05, 4.69) is 39.3 Å². The summed E-state index contributed by atoms with van der Waals surface area (Å²) < 4.78 is 0. The van der Waals surface area contributed by atoms with Crippen molar-refractivity contribution in [2.24, 2.45) is 26.6 Å². The third-order valence-corrected chi connectivity index (χ3v) is 4.53. The molecule has 1 atom stereocenters. The number of nitrogens with two attached hydrogens (primary N) is 2. The molecular formula is C21H27N7. The number of nitrogens with one attached hydrogen (secondary N) is 2. The summed E-state index contributed by atoms with van der Waals surface area (Å²) in [6, 6.07) is 8.25. The van der Waals surface area contributed by atoms with Crippen molar-refractivity contribution in [1.82, 2.24) is 10.4 Å². The quantitative estimate of drug-likeness (QED) is 0.485. The van der Waals surface area contributed by atoms with E-state index in [1.54, 1.807) is 6.20 Å². The van der Waals surface area contributed by atoms with Crippen LogP contribution in [-0.4, -0.2) is 28.5 Å². The number of hydrazone groups is 1. The second-order valence-corrected chi connectivity index (χ2v) is 6.91. The number of aromatic nitrogens is 1. The van der Waals surface area contributed by atoms with E-state index in [1.807, 2.05) is 43.5 Å². The topological polar surface area (TPSA) is 117 Å². The molecule has 1 aliphatic heterocycles. The second kappa shape index (κ2) is 8.56. The van der Waals surface area contributed by atoms with Gasteiger partial charge in [-0.1, -0.05) is 19.1 Å². The van der Waals surface area contributed by atoms with Gasteiger partial charge in [0.25, 0.3) is 0 Å². The predicted molar refractivity (Wildman–Crippen MR) is 116 cm³/mol. The summed E-state index contributed by atoms with van der Waals surface area (Å²) in [6.07, 6.45) is 6.96. The van der Waals surface area contributed by atoms with Gasteiger partial charge in [0.05, 0.1) is 5.69 Å². The van der Waals surface area contributed by atoms with Crippen LogP contribution in [0.2, 0.25) is 0 Å². The number of aryl methyl sites for hydroxylation is 2. The number of hydrogen-bond donors (Lipinski definition) is 4. The Labute approximate surface area is 165 Å². The molecular weight excluding hydrogens is 350 g/mol. The maximum absolute atomic E-state index is 6.35. The second-order valence-electron chi connectivity index (χ2n) is 6.91. The van der Waals surface area contributed by atoms with Crippen molar-refractivity contribution in [3.05, 3.63) is 64.6 Å². The molecule has 0 amide bonds. The third kappa shape index (κ3) is 4.49. The Kier molecular flexibility index (Phi) is 5.93. The van der Waals surface area contributed by atoms with Crippen LogP contribution < -0.4 is 16.9 Å². The van der Waals surface area contributed by atoms with Gasteiger partial charge < -0.3 is 21.9 Å². The molecule has 0 saturated carbocycles. The molecule has 2 aromatic rings. The molecule has 1 aromatic carbocycles. The Morgan fingerprint density at radius 1 is 1.36 bits per heavy atom. The maximum atomic E-state index is 6.35. The molecule has 1 unspecified atom stereocenters. The largest absolute Gasteiger partial charge is 0.405 e. The zero-order valence-corrected chi connectivity index (χ0v) is 16.5. The third-order valence-electron chi connectivity index (χ3n) is 4.53. The van der Waals surface area contributed by atoms with Gasteiger partial charge in [0.2, 0.25) is 0 Å². The summed E-state index contributed by atoms with van der Waals surface area (Å²) in [5.41, 5.74) is 19.9. The predicted octanol–water partition coefficient (Wildman–Crippen LogP) is 2.66. The van der Waals surface area contributed by atoms with Gasteiger partial charge in [-0.2, -0.15) is 5.10 Å². The first-order chi connectivity index (χ1) is 13.5. The van der Waals surface area contributed by atoms with Crippen LogP contribution in [-0.2, 0) is 6.42 Å². The van der Waals surface area contributed by atoms with Gasteiger partial charge in [-0.15, -0.1) is 0 Å². The highest BCUT2D eigenvalue weighted by molar-refractivity contribution is 6.13. The first-order valence-corrected chi connectivity index (χ1v) is 9.42. The average Bonchev–Trinajstić information content (AvgIpc) is 3.29. The normalized spacial score (nSPS) is 17.8. The summed E-state index contributed by atoms with van der Waals surface area (Å²) in [5, 5.41) is 4.26. The number of amidine groups is 3. The number of aliphatic imine (C=N–C) groups is 2. The highest BCUT2D eigenvalue weighted by atomic mass is 15.4. The van der Waals surface area contributed by atoms with E-state index in [9.17, 15) is 0 Å². The van der Waals surface area contributed by atoms with E-state index < -0.39 is 0 Å². The molecule has 7 heteroatoms. The fourth-order valence-corrected chi connectivity index (χ4v) is 3.04.